The number of aliphatic hydroxyl groups excluding tert-OH is 1. The molecule has 1 heterocycles. The normalized spacial score (nSPS) is 21.9. The molecule has 3 unspecified atom stereocenters. The molecule has 1 aliphatic rings. The van der Waals surface area contributed by atoms with Gasteiger partial charge in [-0.1, -0.05) is 13.8 Å². The van der Waals surface area contributed by atoms with Crippen molar-refractivity contribution < 1.29 is 19.4 Å². The zero-order chi connectivity index (χ0) is 16.0. The third-order valence-corrected chi connectivity index (χ3v) is 3.94. The van der Waals surface area contributed by atoms with Crippen LogP contribution >= 0.6 is 0 Å². The number of amides is 2. The molecule has 2 amide bonds. The van der Waals surface area contributed by atoms with Gasteiger partial charge in [0.15, 0.2) is 0 Å². The zero-order valence-electron chi connectivity index (χ0n) is 13.3. The van der Waals surface area contributed by atoms with Gasteiger partial charge in [0.25, 0.3) is 0 Å². The van der Waals surface area contributed by atoms with Gasteiger partial charge in [0.05, 0.1) is 25.3 Å². The number of β-amino-alcohol motifs (C(OH)–C–C–N with tert-alkyl or cyclic N) is 1. The second kappa shape index (κ2) is 8.19. The van der Waals surface area contributed by atoms with Gasteiger partial charge < -0.3 is 20.5 Å². The fraction of sp³-hybridized carbons (Fsp3) is 0.857. The fourth-order valence-corrected chi connectivity index (χ4v) is 2.76. The third-order valence-electron chi connectivity index (χ3n) is 3.94. The molecule has 21 heavy (non-hydrogen) atoms. The lowest BCUT2D eigenvalue weighted by atomic mass is 9.98. The van der Waals surface area contributed by atoms with Gasteiger partial charge in [0.1, 0.15) is 0 Å². The summed E-state index contributed by atoms with van der Waals surface area (Å²) in [6.45, 7) is 4.97. The molecule has 0 aromatic heterocycles. The van der Waals surface area contributed by atoms with Gasteiger partial charge in [0.2, 0.25) is 5.91 Å². The smallest absolute Gasteiger partial charge is 0.407 e. The summed E-state index contributed by atoms with van der Waals surface area (Å²) in [6.07, 6.45) is 0.413. The van der Waals surface area contributed by atoms with Crippen molar-refractivity contribution in [2.24, 2.45) is 5.92 Å². The van der Waals surface area contributed by atoms with E-state index in [9.17, 15) is 14.7 Å². The fourth-order valence-electron chi connectivity index (χ4n) is 2.76. The maximum absolute atomic E-state index is 11.8. The van der Waals surface area contributed by atoms with E-state index in [1.54, 1.807) is 7.05 Å². The van der Waals surface area contributed by atoms with Gasteiger partial charge in [-0.2, -0.15) is 0 Å². The topological polar surface area (TPSA) is 90.9 Å². The molecule has 122 valence electrons. The lowest BCUT2D eigenvalue weighted by Gasteiger charge is -2.31. The molecule has 7 nitrogen and oxygen atoms in total. The highest BCUT2D eigenvalue weighted by Crippen LogP contribution is 2.19. The number of carbonyl (C=O) groups is 2. The standard InChI is InChI=1S/C14H27N3O4/c1-9(2)12(16-14(20)21-4)11(18)8-17-7-5-6-10(17)13(19)15-3/h9-12,18H,5-8H2,1-4H3,(H,15,19)(H,16,20). The van der Waals surface area contributed by atoms with Crippen LogP contribution in [0.2, 0.25) is 0 Å². The molecule has 1 fully saturated rings. The highest BCUT2D eigenvalue weighted by molar-refractivity contribution is 5.81. The van der Waals surface area contributed by atoms with Crippen molar-refractivity contribution in [3.8, 4) is 0 Å². The van der Waals surface area contributed by atoms with Crippen LogP contribution in [0, 0.1) is 5.92 Å². The molecule has 0 aromatic rings. The quantitative estimate of drug-likeness (QED) is 0.639. The second-order valence-corrected chi connectivity index (χ2v) is 5.74. The molecular formula is C14H27N3O4. The number of carbonyl (C=O) groups excluding carboxylic acids is 2. The molecule has 0 saturated carbocycles. The first kappa shape index (κ1) is 17.7. The minimum absolute atomic E-state index is 0.0262. The van der Waals surface area contributed by atoms with Crippen LogP contribution in [0.25, 0.3) is 0 Å². The summed E-state index contributed by atoms with van der Waals surface area (Å²) in [7, 11) is 2.91. The SMILES string of the molecule is CNC(=O)C1CCCN1CC(O)C(NC(=O)OC)C(C)C. The summed E-state index contributed by atoms with van der Waals surface area (Å²) in [6, 6.07) is -0.612. The van der Waals surface area contributed by atoms with E-state index in [-0.39, 0.29) is 17.9 Å². The number of hydrogen-bond acceptors (Lipinski definition) is 5. The van der Waals surface area contributed by atoms with E-state index >= 15 is 0 Å². The van der Waals surface area contributed by atoms with Crippen LogP contribution in [-0.2, 0) is 9.53 Å². The number of rotatable bonds is 6. The number of hydrogen-bond donors (Lipinski definition) is 3. The van der Waals surface area contributed by atoms with Crippen LogP contribution in [0.3, 0.4) is 0 Å². The molecule has 0 bridgehead atoms. The predicted octanol–water partition coefficient (Wildman–Crippen LogP) is -0.0617. The van der Waals surface area contributed by atoms with Crippen LogP contribution in [0.15, 0.2) is 0 Å². The number of likely N-dealkylation sites (N-methyl/N-ethyl adjacent to an activating group) is 1. The largest absolute Gasteiger partial charge is 0.453 e. The first-order chi connectivity index (χ1) is 9.90. The minimum atomic E-state index is -0.755. The van der Waals surface area contributed by atoms with E-state index < -0.39 is 18.2 Å². The van der Waals surface area contributed by atoms with Gasteiger partial charge in [-0.25, -0.2) is 4.79 Å². The zero-order valence-corrected chi connectivity index (χ0v) is 13.3. The average molecular weight is 301 g/mol. The van der Waals surface area contributed by atoms with Crippen LogP contribution in [0.1, 0.15) is 26.7 Å². The summed E-state index contributed by atoms with van der Waals surface area (Å²) in [5.41, 5.74) is 0. The number of nitrogens with zero attached hydrogens (tertiary/aromatic N) is 1. The van der Waals surface area contributed by atoms with Crippen molar-refractivity contribution in [1.29, 1.82) is 0 Å². The Morgan fingerprint density at radius 3 is 2.62 bits per heavy atom. The van der Waals surface area contributed by atoms with E-state index in [2.05, 4.69) is 15.4 Å². The number of methoxy groups -OCH3 is 1. The lowest BCUT2D eigenvalue weighted by Crippen LogP contribution is -2.53. The monoisotopic (exact) mass is 301 g/mol. The Labute approximate surface area is 126 Å². The van der Waals surface area contributed by atoms with Crippen molar-refractivity contribution in [2.45, 2.75) is 44.9 Å². The maximum atomic E-state index is 11.8. The Kier molecular flexibility index (Phi) is 6.91. The minimum Gasteiger partial charge on any atom is -0.453 e. The number of ether oxygens (including phenoxy) is 1. The van der Waals surface area contributed by atoms with Gasteiger partial charge in [-0.15, -0.1) is 0 Å². The van der Waals surface area contributed by atoms with E-state index in [1.165, 1.54) is 7.11 Å². The second-order valence-electron chi connectivity index (χ2n) is 5.74. The third kappa shape index (κ3) is 4.86. The Bertz CT molecular complexity index is 362. The highest BCUT2D eigenvalue weighted by Gasteiger charge is 2.34. The van der Waals surface area contributed by atoms with Gasteiger partial charge in [-0.3, -0.25) is 9.69 Å². The first-order valence-corrected chi connectivity index (χ1v) is 7.38. The molecule has 3 N–H and O–H groups in total. The number of alkyl carbamates (subject to hydrolysis) is 1. The maximum Gasteiger partial charge on any atom is 0.407 e. The Morgan fingerprint density at radius 2 is 2.10 bits per heavy atom. The van der Waals surface area contributed by atoms with Crippen molar-refractivity contribution >= 4 is 12.0 Å². The van der Waals surface area contributed by atoms with E-state index in [0.717, 1.165) is 19.4 Å². The van der Waals surface area contributed by atoms with Crippen LogP contribution in [-0.4, -0.2) is 67.4 Å². The van der Waals surface area contributed by atoms with Crippen molar-refractivity contribution in [3.05, 3.63) is 0 Å². The summed E-state index contributed by atoms with van der Waals surface area (Å²) in [5, 5.41) is 15.7. The van der Waals surface area contributed by atoms with Crippen LogP contribution < -0.4 is 10.6 Å². The first-order valence-electron chi connectivity index (χ1n) is 7.38. The lowest BCUT2D eigenvalue weighted by molar-refractivity contribution is -0.125. The summed E-state index contributed by atoms with van der Waals surface area (Å²) >= 11 is 0. The summed E-state index contributed by atoms with van der Waals surface area (Å²) < 4.78 is 4.59. The van der Waals surface area contributed by atoms with E-state index in [4.69, 9.17) is 0 Å². The van der Waals surface area contributed by atoms with Gasteiger partial charge >= 0.3 is 6.09 Å². The molecule has 1 saturated heterocycles. The van der Waals surface area contributed by atoms with Gasteiger partial charge in [-0.05, 0) is 25.3 Å². The van der Waals surface area contributed by atoms with Gasteiger partial charge in [0, 0.05) is 13.6 Å². The highest BCUT2D eigenvalue weighted by atomic mass is 16.5. The Hall–Kier alpha value is -1.34. The summed E-state index contributed by atoms with van der Waals surface area (Å²) in [5.74, 6) is 0.0295. The molecule has 1 aliphatic heterocycles. The van der Waals surface area contributed by atoms with Crippen molar-refractivity contribution in [3.63, 3.8) is 0 Å². The molecule has 0 aliphatic carbocycles. The number of nitrogens with one attached hydrogen (secondary N) is 2. The number of aliphatic hydroxyl groups is 1. The molecule has 0 radical (unpaired) electrons. The van der Waals surface area contributed by atoms with Crippen LogP contribution in [0.5, 0.6) is 0 Å². The Balaban J connectivity index is 2.65. The van der Waals surface area contributed by atoms with Crippen LogP contribution in [0.4, 0.5) is 4.79 Å². The molecule has 3 atom stereocenters. The Morgan fingerprint density at radius 1 is 1.43 bits per heavy atom. The number of likely N-dealkylation sites (tertiary alicyclic amines) is 1. The molecule has 0 aromatic carbocycles. The molecular weight excluding hydrogens is 274 g/mol. The summed E-state index contributed by atoms with van der Waals surface area (Å²) in [4.78, 5) is 25.1. The van der Waals surface area contributed by atoms with Crippen molar-refractivity contribution in [1.82, 2.24) is 15.5 Å². The molecule has 1 rings (SSSR count). The molecule has 7 heteroatoms. The van der Waals surface area contributed by atoms with E-state index in [0.29, 0.717) is 6.54 Å². The average Bonchev–Trinajstić information content (AvgIpc) is 2.90. The van der Waals surface area contributed by atoms with Crippen molar-refractivity contribution in [2.75, 3.05) is 27.2 Å². The molecule has 0 spiro atoms. The predicted molar refractivity (Wildman–Crippen MR) is 78.8 cm³/mol. The van der Waals surface area contributed by atoms with E-state index in [1.807, 2.05) is 18.7 Å².